The molecule has 0 radical (unpaired) electrons. The molecule has 1 saturated carbocycles. The van der Waals surface area contributed by atoms with E-state index in [1.165, 1.54) is 11.8 Å². The van der Waals surface area contributed by atoms with E-state index in [9.17, 15) is 5.11 Å². The fraction of sp³-hybridized carbons (Fsp3) is 0.500. The molecule has 0 saturated heterocycles. The van der Waals surface area contributed by atoms with Gasteiger partial charge in [-0.3, -0.25) is 0 Å². The summed E-state index contributed by atoms with van der Waals surface area (Å²) in [5.41, 5.74) is 7.21. The van der Waals surface area contributed by atoms with Crippen LogP contribution in [0.2, 0.25) is 0 Å². The van der Waals surface area contributed by atoms with Gasteiger partial charge in [-0.15, -0.1) is 5.10 Å². The van der Waals surface area contributed by atoms with Gasteiger partial charge in [0.2, 0.25) is 5.16 Å². The van der Waals surface area contributed by atoms with Gasteiger partial charge in [0.25, 0.3) is 0 Å². The number of hydrogen-bond donors (Lipinski definition) is 2. The van der Waals surface area contributed by atoms with Gasteiger partial charge in [0.05, 0.1) is 12.1 Å². The molecule has 6 nitrogen and oxygen atoms in total. The van der Waals surface area contributed by atoms with E-state index in [0.717, 1.165) is 23.6 Å². The van der Waals surface area contributed by atoms with Crippen LogP contribution in [0.1, 0.15) is 24.4 Å². The Labute approximate surface area is 127 Å². The van der Waals surface area contributed by atoms with E-state index in [1.54, 1.807) is 0 Å². The Bertz CT molecular complexity index is 572. The number of nitrogens with two attached hydrogens (primary N) is 1. The number of hydrogen-bond acceptors (Lipinski definition) is 6. The lowest BCUT2D eigenvalue weighted by molar-refractivity contribution is 0.167. The zero-order valence-electron chi connectivity index (χ0n) is 11.7. The maximum atomic E-state index is 10.2. The quantitative estimate of drug-likeness (QED) is 0.743. The molecule has 7 heteroatoms. The first-order chi connectivity index (χ1) is 10.2. The molecule has 0 bridgehead atoms. The molecule has 2 unspecified atom stereocenters. The Hall–Kier alpha value is -1.44. The molecule has 0 spiro atoms. The minimum absolute atomic E-state index is 0.287. The lowest BCUT2D eigenvalue weighted by Crippen LogP contribution is -2.38. The van der Waals surface area contributed by atoms with Crippen LogP contribution in [0.25, 0.3) is 0 Å². The highest BCUT2D eigenvalue weighted by atomic mass is 32.2. The number of aromatic nitrogens is 4. The van der Waals surface area contributed by atoms with Crippen molar-refractivity contribution in [2.24, 2.45) is 5.73 Å². The molecule has 0 amide bonds. The predicted octanol–water partition coefficient (Wildman–Crippen LogP) is 1.03. The van der Waals surface area contributed by atoms with Gasteiger partial charge in [0, 0.05) is 11.8 Å². The summed E-state index contributed by atoms with van der Waals surface area (Å²) in [6.45, 7) is 0. The fourth-order valence-electron chi connectivity index (χ4n) is 2.13. The van der Waals surface area contributed by atoms with Crippen LogP contribution in [-0.4, -0.2) is 43.2 Å². The van der Waals surface area contributed by atoms with Crippen LogP contribution in [0.5, 0.6) is 0 Å². The number of thioether (sulfide) groups is 1. The molecule has 1 aliphatic carbocycles. The molecule has 1 aromatic heterocycles. The van der Waals surface area contributed by atoms with Gasteiger partial charge in [0.1, 0.15) is 0 Å². The Morgan fingerprint density at radius 3 is 2.81 bits per heavy atom. The number of nitrogens with zero attached hydrogens (tertiary/aromatic N) is 4. The van der Waals surface area contributed by atoms with Crippen LogP contribution in [0.15, 0.2) is 35.5 Å². The van der Waals surface area contributed by atoms with Crippen LogP contribution < -0.4 is 5.73 Å². The zero-order valence-corrected chi connectivity index (χ0v) is 12.5. The van der Waals surface area contributed by atoms with Crippen molar-refractivity contribution in [1.29, 1.82) is 0 Å². The number of tetrazole rings is 1. The molecular weight excluding hydrogens is 286 g/mol. The van der Waals surface area contributed by atoms with Crippen LogP contribution in [0.3, 0.4) is 0 Å². The monoisotopic (exact) mass is 305 g/mol. The topological polar surface area (TPSA) is 89.8 Å². The third kappa shape index (κ3) is 3.81. The Balaban J connectivity index is 1.51. The molecule has 3 N–H and O–H groups in total. The van der Waals surface area contributed by atoms with E-state index in [2.05, 4.69) is 15.5 Å². The third-order valence-electron chi connectivity index (χ3n) is 3.55. The van der Waals surface area contributed by atoms with Crippen molar-refractivity contribution in [3.05, 3.63) is 35.9 Å². The second-order valence-electron chi connectivity index (χ2n) is 5.37. The van der Waals surface area contributed by atoms with E-state index >= 15 is 0 Å². The highest BCUT2D eigenvalue weighted by molar-refractivity contribution is 7.99. The van der Waals surface area contributed by atoms with Crippen LogP contribution in [0.4, 0.5) is 0 Å². The highest BCUT2D eigenvalue weighted by Gasteiger charge is 2.28. The number of benzene rings is 1. The number of aliphatic hydroxyl groups is 1. The molecule has 2 aromatic rings. The van der Waals surface area contributed by atoms with Crippen molar-refractivity contribution >= 4 is 11.8 Å². The summed E-state index contributed by atoms with van der Waals surface area (Å²) < 4.78 is 1.85. The van der Waals surface area contributed by atoms with Gasteiger partial charge in [0.15, 0.2) is 0 Å². The van der Waals surface area contributed by atoms with E-state index in [1.807, 2.05) is 35.0 Å². The van der Waals surface area contributed by atoms with Crippen molar-refractivity contribution in [3.8, 4) is 0 Å². The molecule has 0 aliphatic heterocycles. The first-order valence-corrected chi connectivity index (χ1v) is 8.11. The smallest absolute Gasteiger partial charge is 0.209 e. The lowest BCUT2D eigenvalue weighted by atomic mass is 10.0. The minimum atomic E-state index is -0.584. The van der Waals surface area contributed by atoms with Crippen LogP contribution in [0, 0.1) is 0 Å². The maximum Gasteiger partial charge on any atom is 0.209 e. The summed E-state index contributed by atoms with van der Waals surface area (Å²) in [4.78, 5) is 0. The largest absolute Gasteiger partial charge is 0.391 e. The average Bonchev–Trinajstić information content (AvgIpc) is 3.24. The van der Waals surface area contributed by atoms with Crippen molar-refractivity contribution < 1.29 is 5.11 Å². The van der Waals surface area contributed by atoms with Crippen LogP contribution in [-0.2, 0) is 6.42 Å². The normalized spacial score (nSPS) is 17.6. The van der Waals surface area contributed by atoms with Gasteiger partial charge in [-0.25, -0.2) is 4.68 Å². The first kappa shape index (κ1) is 14.5. The van der Waals surface area contributed by atoms with Gasteiger partial charge in [-0.05, 0) is 35.3 Å². The molecule has 1 aromatic carbocycles. The van der Waals surface area contributed by atoms with Crippen molar-refractivity contribution in [1.82, 2.24) is 20.2 Å². The van der Waals surface area contributed by atoms with E-state index in [0.29, 0.717) is 18.2 Å². The van der Waals surface area contributed by atoms with Gasteiger partial charge >= 0.3 is 0 Å². The van der Waals surface area contributed by atoms with Crippen molar-refractivity contribution in [2.75, 3.05) is 5.75 Å². The van der Waals surface area contributed by atoms with Gasteiger partial charge < -0.3 is 10.8 Å². The Kier molecular flexibility index (Phi) is 4.52. The Morgan fingerprint density at radius 1 is 1.33 bits per heavy atom. The molecule has 1 fully saturated rings. The molecule has 1 aliphatic rings. The second-order valence-corrected chi connectivity index (χ2v) is 6.36. The zero-order chi connectivity index (χ0) is 14.7. The molecule has 2 atom stereocenters. The highest BCUT2D eigenvalue weighted by Crippen LogP contribution is 2.36. The number of rotatable bonds is 7. The average molecular weight is 305 g/mol. The first-order valence-electron chi connectivity index (χ1n) is 7.12. The fourth-order valence-corrected chi connectivity index (χ4v) is 3.11. The summed E-state index contributed by atoms with van der Waals surface area (Å²) in [7, 11) is 0. The molecule has 21 heavy (non-hydrogen) atoms. The van der Waals surface area contributed by atoms with Crippen LogP contribution >= 0.6 is 11.8 Å². The molecule has 3 rings (SSSR count). The third-order valence-corrected chi connectivity index (χ3v) is 4.58. The van der Waals surface area contributed by atoms with Gasteiger partial charge in [-0.1, -0.05) is 42.1 Å². The summed E-state index contributed by atoms with van der Waals surface area (Å²) in [5, 5.41) is 22.7. The Morgan fingerprint density at radius 2 is 2.10 bits per heavy atom. The van der Waals surface area contributed by atoms with Crippen molar-refractivity contribution in [3.63, 3.8) is 0 Å². The summed E-state index contributed by atoms with van der Waals surface area (Å²) in [6, 6.07) is 10.1. The van der Waals surface area contributed by atoms with Gasteiger partial charge in [-0.2, -0.15) is 0 Å². The van der Waals surface area contributed by atoms with Crippen molar-refractivity contribution in [2.45, 2.75) is 42.6 Å². The molecule has 1 heterocycles. The SMILES string of the molecule is NC(Cc1ccccc1)C(O)CSc1nnnn1C1CC1. The minimum Gasteiger partial charge on any atom is -0.391 e. The summed E-state index contributed by atoms with van der Waals surface area (Å²) in [6.07, 6.45) is 2.35. The molecular formula is C14H19N5OS. The summed E-state index contributed by atoms with van der Waals surface area (Å²) in [5.74, 6) is 0.501. The standard InChI is InChI=1S/C14H19N5OS/c15-12(8-10-4-2-1-3-5-10)13(20)9-21-14-16-17-18-19(14)11-6-7-11/h1-5,11-13,20H,6-9,15H2. The molecule has 112 valence electrons. The summed E-state index contributed by atoms with van der Waals surface area (Å²) >= 11 is 1.47. The second kappa shape index (κ2) is 6.55. The maximum absolute atomic E-state index is 10.2. The number of aliphatic hydroxyl groups excluding tert-OH is 1. The van der Waals surface area contributed by atoms with E-state index in [4.69, 9.17) is 5.73 Å². The van der Waals surface area contributed by atoms with E-state index < -0.39 is 6.10 Å². The predicted molar refractivity (Wildman–Crippen MR) is 80.9 cm³/mol. The lowest BCUT2D eigenvalue weighted by Gasteiger charge is -2.18. The van der Waals surface area contributed by atoms with E-state index in [-0.39, 0.29) is 6.04 Å².